The number of aryl methyl sites for hydroxylation is 2. The van der Waals surface area contributed by atoms with Crippen molar-refractivity contribution < 1.29 is 9.53 Å². The maximum atomic E-state index is 12.0. The lowest BCUT2D eigenvalue weighted by atomic mass is 9.79. The number of carbonyl (C=O) groups is 1. The number of ether oxygens (including phenoxy) is 1. The quantitative estimate of drug-likeness (QED) is 0.351. The number of unbranched alkanes of at least 4 members (excludes halogenated alkanes) is 3. The van der Waals surface area contributed by atoms with Crippen LogP contribution in [-0.4, -0.2) is 19.2 Å². The minimum absolute atomic E-state index is 0.147. The van der Waals surface area contributed by atoms with Crippen LogP contribution >= 0.6 is 0 Å². The second-order valence-electron chi connectivity index (χ2n) is 11.6. The Labute approximate surface area is 207 Å². The molecule has 0 saturated heterocycles. The van der Waals surface area contributed by atoms with Crippen molar-refractivity contribution in [3.63, 3.8) is 0 Å². The van der Waals surface area contributed by atoms with E-state index in [2.05, 4.69) is 76.4 Å². The van der Waals surface area contributed by atoms with Crippen LogP contribution in [0.3, 0.4) is 0 Å². The van der Waals surface area contributed by atoms with Crippen LogP contribution in [0.1, 0.15) is 95.0 Å². The van der Waals surface area contributed by atoms with E-state index in [1.54, 1.807) is 0 Å². The average Bonchev–Trinajstić information content (AvgIpc) is 2.70. The number of hydrogen-bond donors (Lipinski definition) is 2. The third-order valence-electron chi connectivity index (χ3n) is 6.00. The minimum Gasteiger partial charge on any atom is -0.449 e. The van der Waals surface area contributed by atoms with Crippen molar-refractivity contribution in [3.05, 3.63) is 64.2 Å². The van der Waals surface area contributed by atoms with Gasteiger partial charge in [-0.1, -0.05) is 78.6 Å². The zero-order valence-electron chi connectivity index (χ0n) is 22.7. The lowest BCUT2D eigenvalue weighted by molar-refractivity contribution is 0.159. The summed E-state index contributed by atoms with van der Waals surface area (Å²) in [5.41, 5.74) is 7.50. The molecular formula is C30H46N2O2. The van der Waals surface area contributed by atoms with Gasteiger partial charge in [0.05, 0.1) is 6.61 Å². The number of rotatable bonds is 10. The van der Waals surface area contributed by atoms with Gasteiger partial charge in [0.2, 0.25) is 0 Å². The van der Waals surface area contributed by atoms with Gasteiger partial charge >= 0.3 is 6.09 Å². The first kappa shape index (κ1) is 27.9. The number of anilines is 1. The van der Waals surface area contributed by atoms with Crippen LogP contribution in [0, 0.1) is 13.8 Å². The number of benzene rings is 2. The van der Waals surface area contributed by atoms with Gasteiger partial charge in [-0.2, -0.15) is 0 Å². The third kappa shape index (κ3) is 9.89. The van der Waals surface area contributed by atoms with E-state index in [-0.39, 0.29) is 16.9 Å². The Kier molecular flexibility index (Phi) is 10.2. The Morgan fingerprint density at radius 3 is 1.88 bits per heavy atom. The van der Waals surface area contributed by atoms with E-state index >= 15 is 0 Å². The van der Waals surface area contributed by atoms with E-state index < -0.39 is 0 Å². The number of nitrogens with one attached hydrogen (secondary N) is 2. The summed E-state index contributed by atoms with van der Waals surface area (Å²) in [6.07, 6.45) is 3.83. The highest BCUT2D eigenvalue weighted by Gasteiger charge is 2.20. The summed E-state index contributed by atoms with van der Waals surface area (Å²) in [5.74, 6) is 0. The van der Waals surface area contributed by atoms with Crippen LogP contribution in [0.2, 0.25) is 0 Å². The first-order chi connectivity index (χ1) is 15.8. The molecule has 0 saturated carbocycles. The first-order valence-electron chi connectivity index (χ1n) is 12.7. The summed E-state index contributed by atoms with van der Waals surface area (Å²) in [5, 5.41) is 6.42. The van der Waals surface area contributed by atoms with Crippen LogP contribution in [0.15, 0.2) is 36.4 Å². The summed E-state index contributed by atoms with van der Waals surface area (Å²) in [7, 11) is 0. The molecule has 0 heterocycles. The molecule has 0 aliphatic rings. The molecule has 0 spiro atoms. The van der Waals surface area contributed by atoms with E-state index in [1.807, 2.05) is 26.0 Å². The predicted molar refractivity (Wildman–Crippen MR) is 145 cm³/mol. The monoisotopic (exact) mass is 466 g/mol. The van der Waals surface area contributed by atoms with Gasteiger partial charge in [-0.15, -0.1) is 0 Å². The highest BCUT2D eigenvalue weighted by Crippen LogP contribution is 2.30. The standard InChI is InChI=1S/C30H46N2O2/c1-22-15-23(2)17-27(16-22)32-28(33)34-14-12-10-9-11-13-31-21-24-18-25(29(3,4)5)20-26(19-24)30(6,7)8/h15-20,31H,9-14,21H2,1-8H3,(H,32,33). The van der Waals surface area contributed by atoms with Crippen molar-refractivity contribution in [2.75, 3.05) is 18.5 Å². The second kappa shape index (κ2) is 12.4. The normalized spacial score (nSPS) is 12.0. The Bertz CT molecular complexity index is 883. The average molecular weight is 467 g/mol. The Morgan fingerprint density at radius 2 is 1.32 bits per heavy atom. The molecule has 0 aliphatic heterocycles. The van der Waals surface area contributed by atoms with Crippen LogP contribution in [0.25, 0.3) is 0 Å². The molecule has 0 bridgehead atoms. The molecule has 0 atom stereocenters. The van der Waals surface area contributed by atoms with Gasteiger partial charge in [-0.25, -0.2) is 4.79 Å². The molecule has 0 aliphatic carbocycles. The van der Waals surface area contributed by atoms with E-state index in [4.69, 9.17) is 4.74 Å². The van der Waals surface area contributed by atoms with E-state index in [0.29, 0.717) is 6.61 Å². The van der Waals surface area contributed by atoms with Gasteiger partial charge in [0, 0.05) is 12.2 Å². The number of hydrogen-bond acceptors (Lipinski definition) is 3. The van der Waals surface area contributed by atoms with Crippen molar-refractivity contribution in [2.45, 2.75) is 98.4 Å². The summed E-state index contributed by atoms with van der Waals surface area (Å²) in [4.78, 5) is 12.0. The topological polar surface area (TPSA) is 50.4 Å². The predicted octanol–water partition coefficient (Wildman–Crippen LogP) is 7.80. The number of amides is 1. The molecule has 2 aromatic carbocycles. The van der Waals surface area contributed by atoms with Crippen molar-refractivity contribution in [1.82, 2.24) is 5.32 Å². The van der Waals surface area contributed by atoms with E-state index in [9.17, 15) is 4.79 Å². The van der Waals surface area contributed by atoms with Crippen molar-refractivity contribution >= 4 is 11.8 Å². The summed E-state index contributed by atoms with van der Waals surface area (Å²) in [6, 6.07) is 13.0. The zero-order valence-corrected chi connectivity index (χ0v) is 22.7. The highest BCUT2D eigenvalue weighted by atomic mass is 16.5. The van der Waals surface area contributed by atoms with Crippen molar-refractivity contribution in [2.24, 2.45) is 0 Å². The van der Waals surface area contributed by atoms with Gasteiger partial charge in [-0.05, 0) is 84.0 Å². The molecule has 4 nitrogen and oxygen atoms in total. The molecule has 188 valence electrons. The largest absolute Gasteiger partial charge is 0.449 e. The fourth-order valence-electron chi connectivity index (χ4n) is 3.96. The Morgan fingerprint density at radius 1 is 0.765 bits per heavy atom. The maximum absolute atomic E-state index is 12.0. The Balaban J connectivity index is 1.64. The molecular weight excluding hydrogens is 420 g/mol. The van der Waals surface area contributed by atoms with Crippen LogP contribution in [0.5, 0.6) is 0 Å². The van der Waals surface area contributed by atoms with E-state index in [1.165, 1.54) is 16.7 Å². The smallest absolute Gasteiger partial charge is 0.411 e. The molecule has 0 aromatic heterocycles. The number of carbonyl (C=O) groups excluding carboxylic acids is 1. The minimum atomic E-state index is -0.376. The summed E-state index contributed by atoms with van der Waals surface area (Å²) < 4.78 is 5.32. The fraction of sp³-hybridized carbons (Fsp3) is 0.567. The molecule has 0 radical (unpaired) electrons. The third-order valence-corrected chi connectivity index (χ3v) is 6.00. The molecule has 2 N–H and O–H groups in total. The van der Waals surface area contributed by atoms with Gasteiger partial charge in [0.1, 0.15) is 0 Å². The Hall–Kier alpha value is -2.33. The molecule has 0 fully saturated rings. The van der Waals surface area contributed by atoms with Gasteiger partial charge < -0.3 is 10.1 Å². The molecule has 34 heavy (non-hydrogen) atoms. The lowest BCUT2D eigenvalue weighted by Crippen LogP contribution is -2.20. The van der Waals surface area contributed by atoms with E-state index in [0.717, 1.165) is 55.6 Å². The molecule has 0 unspecified atom stereocenters. The molecule has 1 amide bonds. The van der Waals surface area contributed by atoms with Gasteiger partial charge in [0.15, 0.2) is 0 Å². The van der Waals surface area contributed by atoms with Crippen LogP contribution in [-0.2, 0) is 22.1 Å². The van der Waals surface area contributed by atoms with Gasteiger partial charge in [0.25, 0.3) is 0 Å². The molecule has 2 aromatic rings. The van der Waals surface area contributed by atoms with Crippen molar-refractivity contribution in [1.29, 1.82) is 0 Å². The van der Waals surface area contributed by atoms with Crippen LogP contribution < -0.4 is 10.6 Å². The molecule has 2 rings (SSSR count). The SMILES string of the molecule is Cc1cc(C)cc(NC(=O)OCCCCCCNCc2cc(C(C)(C)C)cc(C(C)(C)C)c2)c1. The maximum Gasteiger partial charge on any atom is 0.411 e. The lowest BCUT2D eigenvalue weighted by Gasteiger charge is -2.26. The fourth-order valence-corrected chi connectivity index (χ4v) is 3.96. The van der Waals surface area contributed by atoms with Crippen LogP contribution in [0.4, 0.5) is 10.5 Å². The first-order valence-corrected chi connectivity index (χ1v) is 12.7. The summed E-state index contributed by atoms with van der Waals surface area (Å²) in [6.45, 7) is 20.1. The van der Waals surface area contributed by atoms with Gasteiger partial charge in [-0.3, -0.25) is 5.32 Å². The second-order valence-corrected chi connectivity index (χ2v) is 11.6. The molecule has 4 heteroatoms. The highest BCUT2D eigenvalue weighted by molar-refractivity contribution is 5.84. The van der Waals surface area contributed by atoms with Crippen molar-refractivity contribution in [3.8, 4) is 0 Å². The summed E-state index contributed by atoms with van der Waals surface area (Å²) >= 11 is 0. The zero-order chi connectivity index (χ0) is 25.4.